The van der Waals surface area contributed by atoms with Gasteiger partial charge in [-0.2, -0.15) is 0 Å². The van der Waals surface area contributed by atoms with Crippen molar-refractivity contribution in [1.82, 2.24) is 9.71 Å². The molecule has 0 aromatic carbocycles. The first kappa shape index (κ1) is 12.8. The third-order valence-corrected chi connectivity index (χ3v) is 3.29. The van der Waals surface area contributed by atoms with Gasteiger partial charge in [-0.15, -0.1) is 0 Å². The first-order chi connectivity index (χ1) is 7.61. The number of methoxy groups -OCH3 is 1. The number of hydrogen-bond donors (Lipinski definition) is 3. The molecule has 0 saturated carbocycles. The summed E-state index contributed by atoms with van der Waals surface area (Å²) in [6.45, 7) is 0.489. The van der Waals surface area contributed by atoms with E-state index in [2.05, 4.69) is 15.1 Å². The van der Waals surface area contributed by atoms with Gasteiger partial charge in [0.2, 0.25) is 10.0 Å². The Labute approximate surface area is 94.0 Å². The molecule has 1 heterocycles. The Bertz CT molecular complexity index is 435. The van der Waals surface area contributed by atoms with Gasteiger partial charge in [0.05, 0.1) is 6.61 Å². The van der Waals surface area contributed by atoms with Gasteiger partial charge in [0.25, 0.3) is 0 Å². The van der Waals surface area contributed by atoms with E-state index in [9.17, 15) is 8.42 Å². The van der Waals surface area contributed by atoms with Crippen LogP contribution in [0.4, 0.5) is 5.82 Å². The molecule has 1 aromatic heterocycles. The quantitative estimate of drug-likeness (QED) is 0.348. The zero-order chi connectivity index (χ0) is 12.0. The van der Waals surface area contributed by atoms with E-state index in [4.69, 9.17) is 10.6 Å². The fourth-order valence-electron chi connectivity index (χ4n) is 1.07. The lowest BCUT2D eigenvalue weighted by molar-refractivity contribution is 0.204. The zero-order valence-corrected chi connectivity index (χ0v) is 9.62. The van der Waals surface area contributed by atoms with Crippen LogP contribution in [0.5, 0.6) is 0 Å². The van der Waals surface area contributed by atoms with E-state index in [0.29, 0.717) is 6.61 Å². The number of nitrogens with one attached hydrogen (secondary N) is 2. The third-order valence-electron chi connectivity index (χ3n) is 1.80. The molecular weight excluding hydrogens is 232 g/mol. The highest BCUT2D eigenvalue weighted by atomic mass is 32.2. The number of hydrogen-bond acceptors (Lipinski definition) is 6. The minimum Gasteiger partial charge on any atom is -0.383 e. The number of nitrogen functional groups attached to an aromatic ring is 1. The minimum absolute atomic E-state index is 0.00797. The van der Waals surface area contributed by atoms with Gasteiger partial charge < -0.3 is 10.2 Å². The summed E-state index contributed by atoms with van der Waals surface area (Å²) in [4.78, 5) is 3.81. The molecule has 0 fully saturated rings. The summed E-state index contributed by atoms with van der Waals surface area (Å²) in [7, 11) is -2.12. The average molecular weight is 246 g/mol. The van der Waals surface area contributed by atoms with Crippen LogP contribution < -0.4 is 16.0 Å². The number of hydrazine groups is 1. The van der Waals surface area contributed by atoms with E-state index in [1.807, 2.05) is 0 Å². The Kier molecular flexibility index (Phi) is 4.62. The molecule has 7 nitrogen and oxygen atoms in total. The molecule has 90 valence electrons. The second kappa shape index (κ2) is 5.75. The molecule has 1 aromatic rings. The van der Waals surface area contributed by atoms with Crippen LogP contribution in [0, 0.1) is 0 Å². The molecule has 0 radical (unpaired) electrons. The molecular formula is C8H14N4O3S. The van der Waals surface area contributed by atoms with Gasteiger partial charge in [-0.1, -0.05) is 0 Å². The van der Waals surface area contributed by atoms with Crippen LogP contribution in [0.1, 0.15) is 0 Å². The first-order valence-electron chi connectivity index (χ1n) is 4.52. The summed E-state index contributed by atoms with van der Waals surface area (Å²) in [6.07, 6.45) is 1.45. The maximum Gasteiger partial charge on any atom is 0.244 e. The number of ether oxygens (including phenoxy) is 1. The van der Waals surface area contributed by atoms with Crippen molar-refractivity contribution < 1.29 is 13.2 Å². The number of anilines is 1. The topological polar surface area (TPSA) is 106 Å². The third kappa shape index (κ3) is 3.14. The molecule has 4 N–H and O–H groups in total. The van der Waals surface area contributed by atoms with Crippen molar-refractivity contribution in [3.8, 4) is 0 Å². The minimum atomic E-state index is -3.61. The fourth-order valence-corrected chi connectivity index (χ4v) is 2.20. The molecule has 0 unspecified atom stereocenters. The van der Waals surface area contributed by atoms with Crippen LogP contribution in [0.15, 0.2) is 23.2 Å². The summed E-state index contributed by atoms with van der Waals surface area (Å²) < 4.78 is 30.7. The first-order valence-corrected chi connectivity index (χ1v) is 6.00. The van der Waals surface area contributed by atoms with Crippen LogP contribution in [0.25, 0.3) is 0 Å². The maximum absolute atomic E-state index is 11.8. The molecule has 0 spiro atoms. The van der Waals surface area contributed by atoms with E-state index in [-0.39, 0.29) is 17.3 Å². The van der Waals surface area contributed by atoms with Crippen LogP contribution in [0.2, 0.25) is 0 Å². The molecule has 0 aliphatic heterocycles. The van der Waals surface area contributed by atoms with E-state index >= 15 is 0 Å². The number of aromatic nitrogens is 1. The van der Waals surface area contributed by atoms with Gasteiger partial charge in [0.1, 0.15) is 4.90 Å². The summed E-state index contributed by atoms with van der Waals surface area (Å²) in [5.41, 5.74) is 2.23. The van der Waals surface area contributed by atoms with Crippen LogP contribution >= 0.6 is 0 Å². The largest absolute Gasteiger partial charge is 0.383 e. The highest BCUT2D eigenvalue weighted by Gasteiger charge is 2.17. The number of sulfonamides is 1. The van der Waals surface area contributed by atoms with Gasteiger partial charge in [-0.3, -0.25) is 0 Å². The summed E-state index contributed by atoms with van der Waals surface area (Å²) in [5.74, 6) is 5.28. The van der Waals surface area contributed by atoms with Gasteiger partial charge >= 0.3 is 0 Å². The van der Waals surface area contributed by atoms with E-state index in [0.717, 1.165) is 0 Å². The molecule has 0 amide bonds. The highest BCUT2D eigenvalue weighted by Crippen LogP contribution is 2.15. The van der Waals surface area contributed by atoms with Crippen molar-refractivity contribution >= 4 is 15.8 Å². The Morgan fingerprint density at radius 1 is 1.56 bits per heavy atom. The molecule has 0 aliphatic rings. The lowest BCUT2D eigenvalue weighted by Gasteiger charge is -2.09. The zero-order valence-electron chi connectivity index (χ0n) is 8.80. The van der Waals surface area contributed by atoms with Crippen LogP contribution in [-0.4, -0.2) is 33.7 Å². The van der Waals surface area contributed by atoms with Gasteiger partial charge in [-0.25, -0.2) is 24.0 Å². The number of rotatable bonds is 6. The fraction of sp³-hybridized carbons (Fsp3) is 0.375. The van der Waals surface area contributed by atoms with E-state index < -0.39 is 10.0 Å². The van der Waals surface area contributed by atoms with E-state index in [1.165, 1.54) is 25.4 Å². The molecule has 1 rings (SSSR count). The Morgan fingerprint density at radius 2 is 2.31 bits per heavy atom. The molecule has 0 bridgehead atoms. The molecule has 8 heteroatoms. The molecule has 16 heavy (non-hydrogen) atoms. The summed E-state index contributed by atoms with van der Waals surface area (Å²) in [6, 6.07) is 2.93. The van der Waals surface area contributed by atoms with Crippen molar-refractivity contribution in [2.45, 2.75) is 4.90 Å². The van der Waals surface area contributed by atoms with E-state index in [1.54, 1.807) is 0 Å². The van der Waals surface area contributed by atoms with Crippen LogP contribution in [-0.2, 0) is 14.8 Å². The van der Waals surface area contributed by atoms with Gasteiger partial charge in [-0.05, 0) is 12.1 Å². The van der Waals surface area contributed by atoms with Crippen molar-refractivity contribution in [2.75, 3.05) is 25.7 Å². The summed E-state index contributed by atoms with van der Waals surface area (Å²) in [5, 5.41) is 0. The predicted molar refractivity (Wildman–Crippen MR) is 59.1 cm³/mol. The van der Waals surface area contributed by atoms with Crippen molar-refractivity contribution in [3.05, 3.63) is 18.3 Å². The van der Waals surface area contributed by atoms with Crippen LogP contribution in [0.3, 0.4) is 0 Å². The maximum atomic E-state index is 11.8. The molecule has 0 saturated heterocycles. The second-order valence-corrected chi connectivity index (χ2v) is 4.62. The predicted octanol–water partition coefficient (Wildman–Crippen LogP) is -0.708. The number of pyridine rings is 1. The van der Waals surface area contributed by atoms with Crippen molar-refractivity contribution in [2.24, 2.45) is 5.84 Å². The number of nitrogens with zero attached hydrogens (tertiary/aromatic N) is 1. The van der Waals surface area contributed by atoms with Crippen molar-refractivity contribution in [3.63, 3.8) is 0 Å². The van der Waals surface area contributed by atoms with Crippen molar-refractivity contribution in [1.29, 1.82) is 0 Å². The number of nitrogens with two attached hydrogens (primary N) is 1. The monoisotopic (exact) mass is 246 g/mol. The van der Waals surface area contributed by atoms with Gasteiger partial charge in [0, 0.05) is 19.9 Å². The smallest absolute Gasteiger partial charge is 0.244 e. The highest BCUT2D eigenvalue weighted by molar-refractivity contribution is 7.89. The lowest BCUT2D eigenvalue weighted by Crippen LogP contribution is -2.28. The normalized spacial score (nSPS) is 11.4. The molecule has 0 aliphatic carbocycles. The second-order valence-electron chi connectivity index (χ2n) is 2.89. The standard InChI is InChI=1S/C8H14N4O3S/c1-15-6-5-11-16(13,14)7-3-2-4-10-8(7)12-9/h2-4,11H,5-6,9H2,1H3,(H,10,12). The Morgan fingerprint density at radius 3 is 2.94 bits per heavy atom. The molecule has 0 atom stereocenters. The average Bonchev–Trinajstić information content (AvgIpc) is 2.29. The SMILES string of the molecule is COCCNS(=O)(=O)c1cccnc1NN. The Balaban J connectivity index is 2.89. The van der Waals surface area contributed by atoms with Gasteiger partial charge in [0.15, 0.2) is 5.82 Å². The lowest BCUT2D eigenvalue weighted by atomic mass is 10.5. The summed E-state index contributed by atoms with van der Waals surface area (Å²) >= 11 is 0. The Hall–Kier alpha value is -1.22.